The van der Waals surface area contributed by atoms with Crippen LogP contribution in [-0.2, 0) is 0 Å². The zero-order valence-electron chi connectivity index (χ0n) is 11.8. The summed E-state index contributed by atoms with van der Waals surface area (Å²) in [5.41, 5.74) is 0. The Balaban J connectivity index is 1.82. The standard InChI is InChI=1S/C14H26N2S2/c1-4-10(5-2)13-9-15-14(18-13)16-11-7-6-8-12(11)17-3/h10-13H,4-9H2,1-3H3,(H,15,16). The molecule has 2 nitrogen and oxygen atoms in total. The van der Waals surface area contributed by atoms with Crippen LogP contribution in [-0.4, -0.2) is 34.5 Å². The largest absolute Gasteiger partial charge is 0.361 e. The molecule has 104 valence electrons. The number of thioether (sulfide) groups is 2. The van der Waals surface area contributed by atoms with Gasteiger partial charge in [-0.3, -0.25) is 4.99 Å². The van der Waals surface area contributed by atoms with E-state index < -0.39 is 0 Å². The van der Waals surface area contributed by atoms with Gasteiger partial charge in [-0.05, 0) is 25.0 Å². The number of hydrogen-bond donors (Lipinski definition) is 1. The number of hydrogen-bond acceptors (Lipinski definition) is 4. The highest BCUT2D eigenvalue weighted by Gasteiger charge is 2.31. The summed E-state index contributed by atoms with van der Waals surface area (Å²) < 4.78 is 0. The molecule has 1 aliphatic carbocycles. The molecule has 4 heteroatoms. The van der Waals surface area contributed by atoms with E-state index in [0.717, 1.165) is 23.0 Å². The fraction of sp³-hybridized carbons (Fsp3) is 0.929. The summed E-state index contributed by atoms with van der Waals surface area (Å²) in [6.45, 7) is 5.64. The third kappa shape index (κ3) is 3.38. The van der Waals surface area contributed by atoms with Crippen LogP contribution in [0.3, 0.4) is 0 Å². The van der Waals surface area contributed by atoms with E-state index in [1.165, 1.54) is 37.3 Å². The molecule has 2 rings (SSSR count). The van der Waals surface area contributed by atoms with E-state index in [0.29, 0.717) is 6.04 Å². The topological polar surface area (TPSA) is 24.4 Å². The van der Waals surface area contributed by atoms with Gasteiger partial charge in [0, 0.05) is 16.5 Å². The third-order valence-corrected chi connectivity index (χ3v) is 6.79. The molecule has 0 aromatic heterocycles. The first-order valence-corrected chi connectivity index (χ1v) is 9.45. The fourth-order valence-corrected chi connectivity index (χ4v) is 5.38. The van der Waals surface area contributed by atoms with Crippen molar-refractivity contribution < 1.29 is 0 Å². The molecule has 1 heterocycles. The zero-order chi connectivity index (χ0) is 13.0. The van der Waals surface area contributed by atoms with Gasteiger partial charge in [-0.1, -0.05) is 44.9 Å². The van der Waals surface area contributed by atoms with E-state index in [1.54, 1.807) is 0 Å². The van der Waals surface area contributed by atoms with Gasteiger partial charge in [-0.15, -0.1) is 0 Å². The number of nitrogens with zero attached hydrogens (tertiary/aromatic N) is 1. The first kappa shape index (κ1) is 14.6. The van der Waals surface area contributed by atoms with Crippen molar-refractivity contribution in [2.45, 2.75) is 62.5 Å². The van der Waals surface area contributed by atoms with Gasteiger partial charge in [-0.2, -0.15) is 11.8 Å². The minimum Gasteiger partial charge on any atom is -0.361 e. The lowest BCUT2D eigenvalue weighted by Crippen LogP contribution is -2.37. The van der Waals surface area contributed by atoms with Crippen LogP contribution in [0.2, 0.25) is 0 Å². The molecule has 0 spiro atoms. The lowest BCUT2D eigenvalue weighted by Gasteiger charge is -2.22. The van der Waals surface area contributed by atoms with Crippen LogP contribution in [0.25, 0.3) is 0 Å². The van der Waals surface area contributed by atoms with Crippen LogP contribution in [0.4, 0.5) is 0 Å². The molecule has 18 heavy (non-hydrogen) atoms. The molecule has 1 N–H and O–H groups in total. The summed E-state index contributed by atoms with van der Waals surface area (Å²) in [6.07, 6.45) is 8.87. The number of amidine groups is 1. The van der Waals surface area contributed by atoms with Crippen LogP contribution in [0, 0.1) is 5.92 Å². The second-order valence-corrected chi connectivity index (χ2v) is 7.64. The molecule has 0 aromatic rings. The molecule has 0 amide bonds. The van der Waals surface area contributed by atoms with E-state index in [-0.39, 0.29) is 0 Å². The molecule has 0 radical (unpaired) electrons. The quantitative estimate of drug-likeness (QED) is 0.832. The average Bonchev–Trinajstić information content (AvgIpc) is 3.01. The Hall–Kier alpha value is 0.170. The number of aliphatic imine (C=N–C) groups is 1. The second kappa shape index (κ2) is 7.09. The molecular formula is C14H26N2S2. The van der Waals surface area contributed by atoms with Gasteiger partial charge < -0.3 is 5.32 Å². The van der Waals surface area contributed by atoms with Crippen molar-refractivity contribution in [3.8, 4) is 0 Å². The van der Waals surface area contributed by atoms with E-state index in [4.69, 9.17) is 4.99 Å². The van der Waals surface area contributed by atoms with Gasteiger partial charge in [0.1, 0.15) is 0 Å². The molecule has 3 atom stereocenters. The van der Waals surface area contributed by atoms with E-state index in [9.17, 15) is 0 Å². The van der Waals surface area contributed by atoms with Crippen molar-refractivity contribution in [1.82, 2.24) is 5.32 Å². The van der Waals surface area contributed by atoms with Crippen LogP contribution in [0.15, 0.2) is 4.99 Å². The summed E-state index contributed by atoms with van der Waals surface area (Å²) in [5, 5.41) is 6.44. The molecule has 0 aromatic carbocycles. The summed E-state index contributed by atoms with van der Waals surface area (Å²) in [4.78, 5) is 4.73. The van der Waals surface area contributed by atoms with E-state index >= 15 is 0 Å². The van der Waals surface area contributed by atoms with Crippen LogP contribution >= 0.6 is 23.5 Å². The van der Waals surface area contributed by atoms with Crippen molar-refractivity contribution in [3.05, 3.63) is 0 Å². The predicted molar refractivity (Wildman–Crippen MR) is 85.8 cm³/mol. The van der Waals surface area contributed by atoms with Crippen LogP contribution in [0.5, 0.6) is 0 Å². The Labute approximate surface area is 120 Å². The molecule has 0 bridgehead atoms. The predicted octanol–water partition coefficient (Wildman–Crippen LogP) is 3.77. The minimum atomic E-state index is 0.659. The van der Waals surface area contributed by atoms with E-state index in [2.05, 4.69) is 25.4 Å². The van der Waals surface area contributed by atoms with Crippen molar-refractivity contribution >= 4 is 28.7 Å². The molecule has 0 saturated heterocycles. The molecular weight excluding hydrogens is 260 g/mol. The Morgan fingerprint density at radius 3 is 2.83 bits per heavy atom. The monoisotopic (exact) mass is 286 g/mol. The summed E-state index contributed by atoms with van der Waals surface area (Å²) >= 11 is 4.01. The lowest BCUT2D eigenvalue weighted by molar-refractivity contribution is 0.479. The van der Waals surface area contributed by atoms with Crippen molar-refractivity contribution in [2.24, 2.45) is 10.9 Å². The maximum atomic E-state index is 4.73. The SMILES string of the molecule is CCC(CC)C1CN=C(NC2CCCC2SC)S1. The maximum Gasteiger partial charge on any atom is 0.157 e. The number of nitrogens with one attached hydrogen (secondary N) is 1. The van der Waals surface area contributed by atoms with Crippen molar-refractivity contribution in [2.75, 3.05) is 12.8 Å². The molecule has 1 aliphatic heterocycles. The van der Waals surface area contributed by atoms with E-state index in [1.807, 2.05) is 23.5 Å². The van der Waals surface area contributed by atoms with Gasteiger partial charge in [0.05, 0.1) is 6.54 Å². The summed E-state index contributed by atoms with van der Waals surface area (Å²) in [7, 11) is 0. The lowest BCUT2D eigenvalue weighted by atomic mass is 9.99. The Morgan fingerprint density at radius 1 is 1.39 bits per heavy atom. The van der Waals surface area contributed by atoms with Crippen LogP contribution in [0.1, 0.15) is 46.0 Å². The van der Waals surface area contributed by atoms with Crippen molar-refractivity contribution in [1.29, 1.82) is 0 Å². The molecule has 1 saturated carbocycles. The molecule has 3 unspecified atom stereocenters. The van der Waals surface area contributed by atoms with Crippen LogP contribution < -0.4 is 5.32 Å². The summed E-state index contributed by atoms with van der Waals surface area (Å²) in [5.74, 6) is 0.831. The average molecular weight is 287 g/mol. The highest BCUT2D eigenvalue weighted by Crippen LogP contribution is 2.33. The zero-order valence-corrected chi connectivity index (χ0v) is 13.4. The highest BCUT2D eigenvalue weighted by atomic mass is 32.2. The third-order valence-electron chi connectivity index (χ3n) is 4.32. The van der Waals surface area contributed by atoms with Gasteiger partial charge in [-0.25, -0.2) is 0 Å². The Kier molecular flexibility index (Phi) is 5.74. The smallest absolute Gasteiger partial charge is 0.157 e. The number of rotatable bonds is 5. The van der Waals surface area contributed by atoms with Gasteiger partial charge in [0.2, 0.25) is 0 Å². The second-order valence-electron chi connectivity index (χ2n) is 5.33. The fourth-order valence-electron chi connectivity index (χ4n) is 3.06. The highest BCUT2D eigenvalue weighted by molar-refractivity contribution is 8.14. The molecule has 2 aliphatic rings. The minimum absolute atomic E-state index is 0.659. The van der Waals surface area contributed by atoms with Gasteiger partial charge in [0.15, 0.2) is 5.17 Å². The maximum absolute atomic E-state index is 4.73. The first-order valence-electron chi connectivity index (χ1n) is 7.28. The first-order chi connectivity index (χ1) is 8.78. The van der Waals surface area contributed by atoms with Gasteiger partial charge in [0.25, 0.3) is 0 Å². The van der Waals surface area contributed by atoms with Gasteiger partial charge >= 0.3 is 0 Å². The van der Waals surface area contributed by atoms with Crippen molar-refractivity contribution in [3.63, 3.8) is 0 Å². The Morgan fingerprint density at radius 2 is 2.17 bits per heavy atom. The molecule has 1 fully saturated rings. The Bertz CT molecular complexity index is 290. The summed E-state index contributed by atoms with van der Waals surface area (Å²) in [6, 6.07) is 0.659. The normalized spacial score (nSPS) is 32.0.